The highest BCUT2D eigenvalue weighted by molar-refractivity contribution is 5.75. The Labute approximate surface area is 156 Å². The topological polar surface area (TPSA) is 98.5 Å². The van der Waals surface area contributed by atoms with Gasteiger partial charge in [-0.05, 0) is 13.3 Å². The number of carbonyl (C=O) groups excluding carboxylic acids is 2. The number of hydrogen-bond acceptors (Lipinski definition) is 5. The number of hydrogen-bond donors (Lipinski definition) is 1. The predicted octanol–water partition coefficient (Wildman–Crippen LogP) is 0.690. The van der Waals surface area contributed by atoms with E-state index in [1.807, 2.05) is 37.3 Å². The molecule has 1 saturated heterocycles. The first-order valence-electron chi connectivity index (χ1n) is 9.01. The minimum Gasteiger partial charge on any atom is -0.449 e. The van der Waals surface area contributed by atoms with Crippen LogP contribution in [0.1, 0.15) is 13.3 Å². The summed E-state index contributed by atoms with van der Waals surface area (Å²) in [5, 5.41) is 7.04. The molecule has 0 aliphatic carbocycles. The highest BCUT2D eigenvalue weighted by Crippen LogP contribution is 2.14. The summed E-state index contributed by atoms with van der Waals surface area (Å²) in [6.07, 6.45) is 0.423. The Hall–Kier alpha value is -3.10. The van der Waals surface area contributed by atoms with Crippen molar-refractivity contribution < 1.29 is 14.3 Å². The molecule has 2 amide bonds. The van der Waals surface area contributed by atoms with Gasteiger partial charge in [-0.25, -0.2) is 14.3 Å². The molecule has 9 nitrogen and oxygen atoms in total. The number of cyclic esters (lactones) is 1. The van der Waals surface area contributed by atoms with Gasteiger partial charge in [0.1, 0.15) is 6.54 Å². The van der Waals surface area contributed by atoms with Gasteiger partial charge in [0.05, 0.1) is 6.61 Å². The van der Waals surface area contributed by atoms with Gasteiger partial charge in [0.25, 0.3) is 0 Å². The van der Waals surface area contributed by atoms with Crippen molar-refractivity contribution >= 4 is 12.0 Å². The molecule has 2 aromatic rings. The smallest absolute Gasteiger partial charge is 0.409 e. The summed E-state index contributed by atoms with van der Waals surface area (Å²) in [5.74, 6) is 0.204. The molecule has 1 aromatic heterocycles. The van der Waals surface area contributed by atoms with Crippen LogP contribution >= 0.6 is 0 Å². The average Bonchev–Trinajstić information content (AvgIpc) is 2.99. The molecule has 0 radical (unpaired) electrons. The Morgan fingerprint density at radius 3 is 2.74 bits per heavy atom. The zero-order chi connectivity index (χ0) is 19.2. The van der Waals surface area contributed by atoms with E-state index in [2.05, 4.69) is 10.4 Å². The van der Waals surface area contributed by atoms with E-state index in [1.165, 1.54) is 4.57 Å². The molecule has 2 heterocycles. The van der Waals surface area contributed by atoms with Crippen molar-refractivity contribution in [2.24, 2.45) is 0 Å². The molecule has 1 aliphatic rings. The van der Waals surface area contributed by atoms with E-state index in [0.717, 1.165) is 16.7 Å². The number of nitrogens with one attached hydrogen (secondary N) is 1. The molecule has 27 heavy (non-hydrogen) atoms. The fraction of sp³-hybridized carbons (Fsp3) is 0.444. The van der Waals surface area contributed by atoms with Gasteiger partial charge in [-0.1, -0.05) is 30.3 Å². The molecule has 0 atom stereocenters. The number of amides is 2. The van der Waals surface area contributed by atoms with E-state index < -0.39 is 0 Å². The summed E-state index contributed by atoms with van der Waals surface area (Å²) < 4.78 is 7.64. The lowest BCUT2D eigenvalue weighted by Crippen LogP contribution is -2.43. The van der Waals surface area contributed by atoms with Gasteiger partial charge >= 0.3 is 11.8 Å². The monoisotopic (exact) mass is 373 g/mol. The second kappa shape index (κ2) is 8.52. The summed E-state index contributed by atoms with van der Waals surface area (Å²) in [7, 11) is 0. The first-order chi connectivity index (χ1) is 13.1. The SMILES string of the molecule is CCn1c(-c2ccccc2)nn(CC(=O)NCCN2CCCOC2=O)c1=O. The van der Waals surface area contributed by atoms with Crippen molar-refractivity contribution in [3.63, 3.8) is 0 Å². The molecule has 3 rings (SSSR count). The Kier molecular flexibility index (Phi) is 5.90. The number of rotatable bonds is 7. The Morgan fingerprint density at radius 2 is 2.04 bits per heavy atom. The van der Waals surface area contributed by atoms with Crippen molar-refractivity contribution in [2.45, 2.75) is 26.4 Å². The van der Waals surface area contributed by atoms with Crippen molar-refractivity contribution in [2.75, 3.05) is 26.2 Å². The minimum absolute atomic E-state index is 0.171. The van der Waals surface area contributed by atoms with Crippen LogP contribution in [0.3, 0.4) is 0 Å². The molecule has 0 spiro atoms. The van der Waals surface area contributed by atoms with E-state index in [4.69, 9.17) is 4.74 Å². The first kappa shape index (κ1) is 18.7. The van der Waals surface area contributed by atoms with E-state index in [9.17, 15) is 14.4 Å². The number of benzene rings is 1. The van der Waals surface area contributed by atoms with Crippen molar-refractivity contribution in [1.29, 1.82) is 0 Å². The van der Waals surface area contributed by atoms with Gasteiger partial charge in [0.15, 0.2) is 5.82 Å². The Bertz CT molecular complexity index is 858. The highest BCUT2D eigenvalue weighted by Gasteiger charge is 2.19. The number of ether oxygens (including phenoxy) is 1. The zero-order valence-corrected chi connectivity index (χ0v) is 15.3. The molecule has 1 N–H and O–H groups in total. The fourth-order valence-electron chi connectivity index (χ4n) is 2.95. The van der Waals surface area contributed by atoms with Crippen molar-refractivity contribution in [1.82, 2.24) is 24.6 Å². The quantitative estimate of drug-likeness (QED) is 0.770. The second-order valence-electron chi connectivity index (χ2n) is 6.18. The van der Waals surface area contributed by atoms with Gasteiger partial charge in [0.2, 0.25) is 5.91 Å². The van der Waals surface area contributed by atoms with Crippen LogP contribution in [0.25, 0.3) is 11.4 Å². The summed E-state index contributed by atoms with van der Waals surface area (Å²) in [6, 6.07) is 9.38. The summed E-state index contributed by atoms with van der Waals surface area (Å²) in [6.45, 7) is 3.88. The zero-order valence-electron chi connectivity index (χ0n) is 15.3. The number of aromatic nitrogens is 3. The molecule has 9 heteroatoms. The minimum atomic E-state index is -0.360. The third-order valence-electron chi connectivity index (χ3n) is 4.32. The maximum atomic E-state index is 12.5. The van der Waals surface area contributed by atoms with Crippen molar-refractivity contribution in [3.8, 4) is 11.4 Å². The van der Waals surface area contributed by atoms with Crippen LogP contribution in [0.5, 0.6) is 0 Å². The Morgan fingerprint density at radius 1 is 1.26 bits per heavy atom. The number of carbonyl (C=O) groups is 2. The third kappa shape index (κ3) is 4.36. The second-order valence-corrected chi connectivity index (χ2v) is 6.18. The average molecular weight is 373 g/mol. The molecular formula is C18H23N5O4. The normalized spacial score (nSPS) is 14.1. The summed E-state index contributed by atoms with van der Waals surface area (Å²) >= 11 is 0. The third-order valence-corrected chi connectivity index (χ3v) is 4.32. The van der Waals surface area contributed by atoms with Crippen LogP contribution < -0.4 is 11.0 Å². The lowest BCUT2D eigenvalue weighted by Gasteiger charge is -2.26. The lowest BCUT2D eigenvalue weighted by atomic mass is 10.2. The molecule has 1 aliphatic heterocycles. The molecule has 1 fully saturated rings. The number of nitrogens with zero attached hydrogens (tertiary/aromatic N) is 4. The molecule has 0 bridgehead atoms. The van der Waals surface area contributed by atoms with Gasteiger partial charge in [-0.15, -0.1) is 5.10 Å². The van der Waals surface area contributed by atoms with Gasteiger partial charge < -0.3 is 15.0 Å². The summed E-state index contributed by atoms with van der Waals surface area (Å²) in [5.41, 5.74) is 0.491. The maximum Gasteiger partial charge on any atom is 0.409 e. The Balaban J connectivity index is 1.61. The standard InChI is InChI=1S/C18H23N5O4/c1-2-22-16(14-7-4-3-5-8-14)20-23(17(22)25)13-15(24)19-9-11-21-10-6-12-27-18(21)26/h3-5,7-8H,2,6,9-13H2,1H3,(H,19,24). The van der Waals surface area contributed by atoms with E-state index in [-0.39, 0.29) is 24.2 Å². The molecule has 0 unspecified atom stereocenters. The van der Waals surface area contributed by atoms with Crippen LogP contribution in [0, 0.1) is 0 Å². The highest BCUT2D eigenvalue weighted by atomic mass is 16.6. The van der Waals surface area contributed by atoms with Gasteiger partial charge in [0, 0.05) is 31.7 Å². The van der Waals surface area contributed by atoms with E-state index >= 15 is 0 Å². The molecule has 144 valence electrons. The van der Waals surface area contributed by atoms with Gasteiger partial charge in [-0.3, -0.25) is 9.36 Å². The first-order valence-corrected chi connectivity index (χ1v) is 9.01. The van der Waals surface area contributed by atoms with E-state index in [1.54, 1.807) is 4.90 Å². The maximum absolute atomic E-state index is 12.5. The van der Waals surface area contributed by atoms with Crippen molar-refractivity contribution in [3.05, 3.63) is 40.8 Å². The van der Waals surface area contributed by atoms with Crippen LogP contribution in [0.4, 0.5) is 4.79 Å². The molecule has 1 aromatic carbocycles. The fourth-order valence-corrected chi connectivity index (χ4v) is 2.95. The lowest BCUT2D eigenvalue weighted by molar-refractivity contribution is -0.122. The van der Waals surface area contributed by atoms with Crippen LogP contribution in [0.2, 0.25) is 0 Å². The molecule has 0 saturated carbocycles. The predicted molar refractivity (Wildman–Crippen MR) is 98.1 cm³/mol. The van der Waals surface area contributed by atoms with Crippen LogP contribution in [-0.4, -0.2) is 57.5 Å². The summed E-state index contributed by atoms with van der Waals surface area (Å²) in [4.78, 5) is 37.8. The largest absolute Gasteiger partial charge is 0.449 e. The van der Waals surface area contributed by atoms with E-state index in [0.29, 0.717) is 38.6 Å². The van der Waals surface area contributed by atoms with Crippen LogP contribution in [-0.2, 0) is 22.6 Å². The molecular weight excluding hydrogens is 350 g/mol. The van der Waals surface area contributed by atoms with Gasteiger partial charge in [-0.2, -0.15) is 0 Å². The van der Waals surface area contributed by atoms with Crippen LogP contribution in [0.15, 0.2) is 35.1 Å².